The van der Waals surface area contributed by atoms with Crippen molar-refractivity contribution >= 4 is 5.71 Å². The summed E-state index contributed by atoms with van der Waals surface area (Å²) in [6.07, 6.45) is 9.91. The van der Waals surface area contributed by atoms with Gasteiger partial charge in [0, 0.05) is 6.04 Å². The molecular weight excluding hydrogens is 248 g/mol. The van der Waals surface area contributed by atoms with Gasteiger partial charge in [-0.2, -0.15) is 0 Å². The van der Waals surface area contributed by atoms with E-state index >= 15 is 0 Å². The lowest BCUT2D eigenvalue weighted by molar-refractivity contribution is 0.178. The quantitative estimate of drug-likeness (QED) is 0.682. The Morgan fingerprint density at radius 1 is 1.15 bits per heavy atom. The second-order valence-corrected chi connectivity index (χ2v) is 6.09. The molecule has 0 aromatic carbocycles. The molecule has 0 amide bonds. The highest BCUT2D eigenvalue weighted by molar-refractivity contribution is 6.01. The highest BCUT2D eigenvalue weighted by Crippen LogP contribution is 2.36. The van der Waals surface area contributed by atoms with Crippen LogP contribution in [0.15, 0.2) is 16.3 Å². The molecule has 0 aromatic rings. The monoisotopic (exact) mass is 278 g/mol. The molecule has 0 saturated heterocycles. The van der Waals surface area contributed by atoms with Crippen LogP contribution in [-0.4, -0.2) is 36.9 Å². The molecule has 114 valence electrons. The van der Waals surface area contributed by atoms with Gasteiger partial charge in [0.05, 0.1) is 5.71 Å². The van der Waals surface area contributed by atoms with Crippen LogP contribution in [0.3, 0.4) is 0 Å². The third-order valence-corrected chi connectivity index (χ3v) is 4.62. The minimum absolute atomic E-state index is 0.760. The molecule has 0 aliphatic heterocycles. The molecule has 3 nitrogen and oxygen atoms in total. The molecule has 0 fully saturated rings. The van der Waals surface area contributed by atoms with E-state index in [4.69, 9.17) is 4.84 Å². The van der Waals surface area contributed by atoms with Crippen LogP contribution in [0.25, 0.3) is 0 Å². The van der Waals surface area contributed by atoms with Gasteiger partial charge >= 0.3 is 0 Å². The first kappa shape index (κ1) is 15.6. The van der Waals surface area contributed by atoms with Crippen molar-refractivity contribution in [1.82, 2.24) is 4.90 Å². The highest BCUT2D eigenvalue weighted by Gasteiger charge is 2.29. The van der Waals surface area contributed by atoms with E-state index in [1.807, 2.05) is 0 Å². The third kappa shape index (κ3) is 3.63. The number of nitrogens with zero attached hydrogens (tertiary/aromatic N) is 2. The molecule has 2 aliphatic carbocycles. The van der Waals surface area contributed by atoms with Crippen molar-refractivity contribution in [2.24, 2.45) is 5.16 Å². The van der Waals surface area contributed by atoms with Gasteiger partial charge in [-0.25, -0.2) is 0 Å². The summed E-state index contributed by atoms with van der Waals surface area (Å²) in [7, 11) is 1.66. The van der Waals surface area contributed by atoms with Gasteiger partial charge in [0.15, 0.2) is 0 Å². The molecule has 20 heavy (non-hydrogen) atoms. The van der Waals surface area contributed by atoms with Crippen LogP contribution in [0, 0.1) is 0 Å². The normalized spacial score (nSPS) is 25.2. The van der Waals surface area contributed by atoms with E-state index in [1.54, 1.807) is 12.7 Å². The van der Waals surface area contributed by atoms with E-state index in [9.17, 15) is 0 Å². The van der Waals surface area contributed by atoms with E-state index in [0.717, 1.165) is 12.5 Å². The fraction of sp³-hybridized carbons (Fsp3) is 0.824. The summed E-state index contributed by atoms with van der Waals surface area (Å²) in [6, 6.07) is 0.760. The lowest BCUT2D eigenvalue weighted by Gasteiger charge is -2.37. The van der Waals surface area contributed by atoms with Gasteiger partial charge in [0.1, 0.15) is 7.11 Å². The Bertz CT molecular complexity index is 367. The standard InChI is InChI=1S/C17H30N2O/c1-4-11-19(12-5-2)15-9-10-16-14(13-15)7-6-8-17(16)18-20-3/h15H,4-13H2,1-3H3/b18-17+/t15-/m0/s1. The van der Waals surface area contributed by atoms with Crippen LogP contribution in [0.1, 0.15) is 65.2 Å². The van der Waals surface area contributed by atoms with Crippen LogP contribution in [0.5, 0.6) is 0 Å². The van der Waals surface area contributed by atoms with Gasteiger partial charge in [-0.15, -0.1) is 0 Å². The maximum atomic E-state index is 5.03. The number of hydrogen-bond donors (Lipinski definition) is 0. The van der Waals surface area contributed by atoms with Crippen LogP contribution in [0.4, 0.5) is 0 Å². The van der Waals surface area contributed by atoms with Crippen molar-refractivity contribution in [2.75, 3.05) is 20.2 Å². The highest BCUT2D eigenvalue weighted by atomic mass is 16.6. The van der Waals surface area contributed by atoms with Crippen LogP contribution >= 0.6 is 0 Å². The zero-order valence-electron chi connectivity index (χ0n) is 13.5. The maximum Gasteiger partial charge on any atom is 0.106 e. The fourth-order valence-electron chi connectivity index (χ4n) is 3.79. The van der Waals surface area contributed by atoms with E-state index < -0.39 is 0 Å². The Morgan fingerprint density at radius 2 is 1.90 bits per heavy atom. The molecule has 0 radical (unpaired) electrons. The molecule has 2 rings (SSSR count). The number of allylic oxidation sites excluding steroid dienone is 1. The summed E-state index contributed by atoms with van der Waals surface area (Å²) in [4.78, 5) is 7.74. The summed E-state index contributed by atoms with van der Waals surface area (Å²) in [5, 5.41) is 4.26. The Labute approximate surface area is 124 Å². The summed E-state index contributed by atoms with van der Waals surface area (Å²) in [5.74, 6) is 0. The van der Waals surface area contributed by atoms with Crippen molar-refractivity contribution in [3.8, 4) is 0 Å². The van der Waals surface area contributed by atoms with Crippen LogP contribution < -0.4 is 0 Å². The van der Waals surface area contributed by atoms with Crippen molar-refractivity contribution in [3.05, 3.63) is 11.1 Å². The van der Waals surface area contributed by atoms with E-state index in [-0.39, 0.29) is 0 Å². The summed E-state index contributed by atoms with van der Waals surface area (Å²) in [5.41, 5.74) is 4.42. The van der Waals surface area contributed by atoms with Gasteiger partial charge in [-0.1, -0.05) is 24.6 Å². The first-order chi connectivity index (χ1) is 9.80. The third-order valence-electron chi connectivity index (χ3n) is 4.62. The predicted molar refractivity (Wildman–Crippen MR) is 85.1 cm³/mol. The summed E-state index contributed by atoms with van der Waals surface area (Å²) in [6.45, 7) is 7.08. The Balaban J connectivity index is 2.08. The largest absolute Gasteiger partial charge is 0.399 e. The molecule has 0 unspecified atom stereocenters. The Kier molecular flexibility index (Phi) is 6.08. The van der Waals surface area contributed by atoms with Gasteiger partial charge in [0.2, 0.25) is 0 Å². The lowest BCUT2D eigenvalue weighted by atomic mass is 9.78. The van der Waals surface area contributed by atoms with Crippen molar-refractivity contribution in [1.29, 1.82) is 0 Å². The smallest absolute Gasteiger partial charge is 0.106 e. The van der Waals surface area contributed by atoms with E-state index in [0.29, 0.717) is 0 Å². The lowest BCUT2D eigenvalue weighted by Crippen LogP contribution is -2.39. The molecule has 0 saturated carbocycles. The van der Waals surface area contributed by atoms with Gasteiger partial charge in [-0.05, 0) is 70.0 Å². The van der Waals surface area contributed by atoms with Crippen LogP contribution in [-0.2, 0) is 4.84 Å². The molecule has 1 atom stereocenters. The molecule has 3 heteroatoms. The van der Waals surface area contributed by atoms with Crippen molar-refractivity contribution in [3.63, 3.8) is 0 Å². The topological polar surface area (TPSA) is 24.8 Å². The molecule has 0 N–H and O–H groups in total. The fourth-order valence-corrected chi connectivity index (χ4v) is 3.79. The maximum absolute atomic E-state index is 5.03. The minimum atomic E-state index is 0.760. The van der Waals surface area contributed by atoms with Crippen molar-refractivity contribution in [2.45, 2.75) is 71.3 Å². The second-order valence-electron chi connectivity index (χ2n) is 6.09. The zero-order chi connectivity index (χ0) is 14.4. The van der Waals surface area contributed by atoms with Gasteiger partial charge in [-0.3, -0.25) is 0 Å². The molecule has 0 bridgehead atoms. The Hall–Kier alpha value is -0.830. The first-order valence-corrected chi connectivity index (χ1v) is 8.35. The molecule has 0 spiro atoms. The first-order valence-electron chi connectivity index (χ1n) is 8.35. The number of oxime groups is 1. The van der Waals surface area contributed by atoms with Gasteiger partial charge in [0.25, 0.3) is 0 Å². The average Bonchev–Trinajstić information content (AvgIpc) is 2.47. The number of hydrogen-bond acceptors (Lipinski definition) is 3. The van der Waals surface area contributed by atoms with Crippen molar-refractivity contribution < 1.29 is 4.84 Å². The number of rotatable bonds is 6. The van der Waals surface area contributed by atoms with Crippen LogP contribution in [0.2, 0.25) is 0 Å². The van der Waals surface area contributed by atoms with Gasteiger partial charge < -0.3 is 9.74 Å². The van der Waals surface area contributed by atoms with E-state index in [1.165, 1.54) is 69.3 Å². The summed E-state index contributed by atoms with van der Waals surface area (Å²) >= 11 is 0. The molecule has 2 aliphatic rings. The molecule has 0 heterocycles. The second kappa shape index (κ2) is 7.82. The zero-order valence-corrected chi connectivity index (χ0v) is 13.5. The minimum Gasteiger partial charge on any atom is -0.399 e. The predicted octanol–water partition coefficient (Wildman–Crippen LogP) is 4.14. The summed E-state index contributed by atoms with van der Waals surface area (Å²) < 4.78 is 0. The molecule has 0 aromatic heterocycles. The molecular formula is C17H30N2O. The SMILES string of the molecule is CCCN(CCC)[C@H]1CCC2=C(CCC/C2=N\OC)C1. The van der Waals surface area contributed by atoms with E-state index in [2.05, 4.69) is 23.9 Å². The average molecular weight is 278 g/mol. The Morgan fingerprint density at radius 3 is 2.55 bits per heavy atom.